The van der Waals surface area contributed by atoms with Gasteiger partial charge in [-0.3, -0.25) is 14.6 Å². The number of nitrogens with zero attached hydrogens (tertiary/aromatic N) is 1. The molecule has 2 aromatic heterocycles. The Morgan fingerprint density at radius 3 is 2.92 bits per heavy atom. The van der Waals surface area contributed by atoms with Crippen LogP contribution in [-0.2, 0) is 17.8 Å². The maximum absolute atomic E-state index is 12.8. The van der Waals surface area contributed by atoms with Crippen LogP contribution in [-0.4, -0.2) is 28.5 Å². The van der Waals surface area contributed by atoms with Crippen LogP contribution in [0.1, 0.15) is 30.5 Å². The molecule has 132 valence electrons. The fraction of sp³-hybridized carbons (Fsp3) is 0.421. The van der Waals surface area contributed by atoms with Crippen molar-refractivity contribution in [3.63, 3.8) is 0 Å². The van der Waals surface area contributed by atoms with E-state index in [4.69, 9.17) is 0 Å². The van der Waals surface area contributed by atoms with Crippen molar-refractivity contribution in [3.8, 4) is 0 Å². The van der Waals surface area contributed by atoms with Gasteiger partial charge in [-0.1, -0.05) is 18.6 Å². The van der Waals surface area contributed by atoms with Gasteiger partial charge in [-0.15, -0.1) is 0 Å². The fourth-order valence-electron chi connectivity index (χ4n) is 3.31. The molecule has 0 aliphatic carbocycles. The molecule has 6 nitrogen and oxygen atoms in total. The number of rotatable bonds is 6. The summed E-state index contributed by atoms with van der Waals surface area (Å²) in [5.74, 6) is -0.305. The summed E-state index contributed by atoms with van der Waals surface area (Å²) in [7, 11) is 0. The molecule has 2 unspecified atom stereocenters. The molecular weight excluding hydrogens is 316 g/mol. The Morgan fingerprint density at radius 2 is 2.20 bits per heavy atom. The van der Waals surface area contributed by atoms with Gasteiger partial charge in [-0.25, -0.2) is 0 Å². The van der Waals surface area contributed by atoms with E-state index in [1.807, 2.05) is 18.2 Å². The molecule has 0 saturated carbocycles. The molecule has 2 atom stereocenters. The van der Waals surface area contributed by atoms with E-state index in [2.05, 4.69) is 20.6 Å². The summed E-state index contributed by atoms with van der Waals surface area (Å²) >= 11 is 0. The number of aromatic nitrogens is 2. The first kappa shape index (κ1) is 17.4. The molecule has 0 bridgehead atoms. The second-order valence-corrected chi connectivity index (χ2v) is 6.43. The summed E-state index contributed by atoms with van der Waals surface area (Å²) in [4.78, 5) is 31.8. The van der Waals surface area contributed by atoms with Gasteiger partial charge in [0.2, 0.25) is 5.91 Å². The van der Waals surface area contributed by atoms with Crippen molar-refractivity contribution in [2.45, 2.75) is 38.3 Å². The monoisotopic (exact) mass is 340 g/mol. The quantitative estimate of drug-likeness (QED) is 0.742. The van der Waals surface area contributed by atoms with Crippen LogP contribution in [0, 0.1) is 5.92 Å². The zero-order valence-electron chi connectivity index (χ0n) is 14.2. The summed E-state index contributed by atoms with van der Waals surface area (Å²) in [6, 6.07) is 9.32. The van der Waals surface area contributed by atoms with Crippen LogP contribution in [0.2, 0.25) is 0 Å². The number of piperidine rings is 1. The molecule has 25 heavy (non-hydrogen) atoms. The second-order valence-electron chi connectivity index (χ2n) is 6.43. The Hall–Kier alpha value is -2.47. The fourth-order valence-corrected chi connectivity index (χ4v) is 3.31. The molecule has 0 aromatic carbocycles. The van der Waals surface area contributed by atoms with E-state index in [1.165, 1.54) is 0 Å². The Balaban J connectivity index is 1.72. The molecular formula is C19H24N4O2. The van der Waals surface area contributed by atoms with Crippen LogP contribution in [0.5, 0.6) is 0 Å². The highest BCUT2D eigenvalue weighted by molar-refractivity contribution is 5.79. The molecule has 3 heterocycles. The van der Waals surface area contributed by atoms with Crippen molar-refractivity contribution in [1.29, 1.82) is 0 Å². The summed E-state index contributed by atoms with van der Waals surface area (Å²) in [5.41, 5.74) is 1.34. The Kier molecular flexibility index (Phi) is 5.95. The molecule has 1 amide bonds. The number of aromatic amines is 1. The van der Waals surface area contributed by atoms with E-state index in [-0.39, 0.29) is 23.4 Å². The molecule has 0 radical (unpaired) electrons. The summed E-state index contributed by atoms with van der Waals surface area (Å²) in [5, 5.41) is 6.43. The third-order valence-corrected chi connectivity index (χ3v) is 4.68. The minimum atomic E-state index is -0.271. The highest BCUT2D eigenvalue weighted by Crippen LogP contribution is 2.19. The van der Waals surface area contributed by atoms with E-state index in [1.54, 1.807) is 24.5 Å². The van der Waals surface area contributed by atoms with E-state index < -0.39 is 0 Å². The van der Waals surface area contributed by atoms with Crippen LogP contribution < -0.4 is 16.2 Å². The van der Waals surface area contributed by atoms with Gasteiger partial charge in [0.1, 0.15) is 0 Å². The lowest BCUT2D eigenvalue weighted by atomic mass is 9.86. The lowest BCUT2D eigenvalue weighted by Gasteiger charge is -2.30. The number of carbonyl (C=O) groups excluding carboxylic acids is 1. The minimum Gasteiger partial charge on any atom is -0.350 e. The molecule has 2 aromatic rings. The lowest BCUT2D eigenvalue weighted by molar-refractivity contribution is -0.126. The van der Waals surface area contributed by atoms with E-state index in [0.29, 0.717) is 18.5 Å². The van der Waals surface area contributed by atoms with Gasteiger partial charge in [-0.05, 0) is 44.0 Å². The van der Waals surface area contributed by atoms with Gasteiger partial charge >= 0.3 is 0 Å². The summed E-state index contributed by atoms with van der Waals surface area (Å²) in [6.07, 6.45) is 6.94. The number of nitrogens with one attached hydrogen (secondary N) is 3. The van der Waals surface area contributed by atoms with Gasteiger partial charge in [-0.2, -0.15) is 0 Å². The lowest BCUT2D eigenvalue weighted by Crippen LogP contribution is -2.48. The van der Waals surface area contributed by atoms with Gasteiger partial charge in [0, 0.05) is 24.0 Å². The molecule has 6 heteroatoms. The highest BCUT2D eigenvalue weighted by Gasteiger charge is 2.30. The predicted octanol–water partition coefficient (Wildman–Crippen LogP) is 1.39. The topological polar surface area (TPSA) is 86.9 Å². The summed E-state index contributed by atoms with van der Waals surface area (Å²) in [6.45, 7) is 1.31. The second kappa shape index (κ2) is 8.58. The van der Waals surface area contributed by atoms with E-state index >= 15 is 0 Å². The molecule has 1 saturated heterocycles. The maximum atomic E-state index is 12.8. The third-order valence-electron chi connectivity index (χ3n) is 4.68. The van der Waals surface area contributed by atoms with Gasteiger partial charge < -0.3 is 15.6 Å². The number of H-pyrrole nitrogens is 1. The zero-order valence-corrected chi connectivity index (χ0v) is 14.2. The van der Waals surface area contributed by atoms with Gasteiger partial charge in [0.25, 0.3) is 5.56 Å². The van der Waals surface area contributed by atoms with Crippen molar-refractivity contribution in [1.82, 2.24) is 20.6 Å². The van der Waals surface area contributed by atoms with Crippen LogP contribution in [0.25, 0.3) is 0 Å². The first-order chi connectivity index (χ1) is 12.2. The smallest absolute Gasteiger partial charge is 0.251 e. The minimum absolute atomic E-state index is 0.0340. The molecule has 1 fully saturated rings. The summed E-state index contributed by atoms with van der Waals surface area (Å²) < 4.78 is 0. The van der Waals surface area contributed by atoms with Crippen molar-refractivity contribution in [2.75, 3.05) is 6.54 Å². The largest absolute Gasteiger partial charge is 0.350 e. The van der Waals surface area contributed by atoms with E-state index in [0.717, 1.165) is 31.5 Å². The number of amides is 1. The third kappa shape index (κ3) is 4.76. The molecule has 0 spiro atoms. The molecule has 1 aliphatic heterocycles. The van der Waals surface area contributed by atoms with Crippen LogP contribution >= 0.6 is 0 Å². The van der Waals surface area contributed by atoms with Crippen LogP contribution in [0.3, 0.4) is 0 Å². The molecule has 1 aliphatic rings. The Morgan fingerprint density at radius 1 is 1.28 bits per heavy atom. The first-order valence-corrected chi connectivity index (χ1v) is 8.81. The standard InChI is InChI=1S/C19H24N4O2/c24-18-14(6-5-11-22-18)12-16(17-8-2-4-10-21-17)19(25)23-13-15-7-1-3-9-20-15/h1,3,5-7,9,11,16-17,21H,2,4,8,10,12-13H2,(H,22,24)(H,23,25). The van der Waals surface area contributed by atoms with Crippen molar-refractivity contribution in [2.24, 2.45) is 5.92 Å². The van der Waals surface area contributed by atoms with Crippen LogP contribution in [0.4, 0.5) is 0 Å². The number of carbonyl (C=O) groups is 1. The number of hydrogen-bond donors (Lipinski definition) is 3. The van der Waals surface area contributed by atoms with Gasteiger partial charge in [0.15, 0.2) is 0 Å². The van der Waals surface area contributed by atoms with Crippen LogP contribution in [0.15, 0.2) is 47.5 Å². The zero-order chi connectivity index (χ0) is 17.5. The number of hydrogen-bond acceptors (Lipinski definition) is 4. The average Bonchev–Trinajstić information content (AvgIpc) is 2.67. The maximum Gasteiger partial charge on any atom is 0.251 e. The molecule has 3 rings (SSSR count). The first-order valence-electron chi connectivity index (χ1n) is 8.81. The van der Waals surface area contributed by atoms with Gasteiger partial charge in [0.05, 0.1) is 18.2 Å². The SMILES string of the molecule is O=C(NCc1ccccn1)C(Cc1ccc[nH]c1=O)C1CCCCN1. The molecule has 3 N–H and O–H groups in total. The Labute approximate surface area is 147 Å². The van der Waals surface area contributed by atoms with Crippen molar-refractivity contribution < 1.29 is 4.79 Å². The van der Waals surface area contributed by atoms with Crippen molar-refractivity contribution >= 4 is 5.91 Å². The van der Waals surface area contributed by atoms with E-state index in [9.17, 15) is 9.59 Å². The Bertz CT molecular complexity index is 738. The average molecular weight is 340 g/mol. The predicted molar refractivity (Wildman–Crippen MR) is 96.0 cm³/mol. The highest BCUT2D eigenvalue weighted by atomic mass is 16.2. The number of pyridine rings is 2. The van der Waals surface area contributed by atoms with Crippen molar-refractivity contribution in [3.05, 3.63) is 64.3 Å². The normalized spacial score (nSPS) is 18.5.